The second-order valence-corrected chi connectivity index (χ2v) is 7.16. The Balaban J connectivity index is 1.90. The van der Waals surface area contributed by atoms with Crippen LogP contribution in [-0.2, 0) is 0 Å². The van der Waals surface area contributed by atoms with Crippen LogP contribution in [0, 0.1) is 34.4 Å². The number of benzene rings is 2. The molecule has 0 aliphatic heterocycles. The average Bonchev–Trinajstić information content (AvgIpc) is 3.13. The molecule has 1 aliphatic carbocycles. The molecule has 0 heterocycles. The predicted octanol–water partition coefficient (Wildman–Crippen LogP) is 6.25. The molecular formula is C21H19ClFNO. The zero-order valence-corrected chi connectivity index (χ0v) is 14.9. The summed E-state index contributed by atoms with van der Waals surface area (Å²) < 4.78 is 19.8. The SMILES string of the molecule is CC1(C)C(C=CCl)C1C(C#N)c1ccc(F)c(Oc2ccccc2)c1. The third kappa shape index (κ3) is 3.41. The van der Waals surface area contributed by atoms with E-state index in [4.69, 9.17) is 16.3 Å². The first-order valence-electron chi connectivity index (χ1n) is 8.18. The summed E-state index contributed by atoms with van der Waals surface area (Å²) >= 11 is 5.73. The van der Waals surface area contributed by atoms with Crippen LogP contribution in [0.1, 0.15) is 25.3 Å². The number of para-hydroxylation sites is 1. The summed E-state index contributed by atoms with van der Waals surface area (Å²) in [4.78, 5) is 0. The molecule has 0 radical (unpaired) electrons. The van der Waals surface area contributed by atoms with E-state index in [-0.39, 0.29) is 28.9 Å². The van der Waals surface area contributed by atoms with E-state index in [0.717, 1.165) is 5.56 Å². The molecule has 0 N–H and O–H groups in total. The third-order valence-electron chi connectivity index (χ3n) is 5.06. The van der Waals surface area contributed by atoms with E-state index in [9.17, 15) is 9.65 Å². The Kier molecular flexibility index (Phi) is 4.83. The van der Waals surface area contributed by atoms with Crippen LogP contribution < -0.4 is 4.74 Å². The van der Waals surface area contributed by atoms with Gasteiger partial charge in [0, 0.05) is 5.54 Å². The number of rotatable bonds is 5. The molecule has 1 saturated carbocycles. The van der Waals surface area contributed by atoms with Gasteiger partial charge in [-0.1, -0.05) is 55.8 Å². The van der Waals surface area contributed by atoms with Crippen LogP contribution in [0.4, 0.5) is 4.39 Å². The van der Waals surface area contributed by atoms with Gasteiger partial charge in [0.1, 0.15) is 5.75 Å². The van der Waals surface area contributed by atoms with Gasteiger partial charge in [-0.3, -0.25) is 0 Å². The van der Waals surface area contributed by atoms with Crippen molar-refractivity contribution in [3.8, 4) is 17.6 Å². The van der Waals surface area contributed by atoms with E-state index >= 15 is 0 Å². The Morgan fingerprint density at radius 3 is 2.60 bits per heavy atom. The molecule has 25 heavy (non-hydrogen) atoms. The van der Waals surface area contributed by atoms with Gasteiger partial charge in [0.25, 0.3) is 0 Å². The lowest BCUT2D eigenvalue weighted by Crippen LogP contribution is -2.04. The first-order valence-corrected chi connectivity index (χ1v) is 8.61. The normalized spacial score (nSPS) is 22.4. The predicted molar refractivity (Wildman–Crippen MR) is 97.0 cm³/mol. The maximum atomic E-state index is 14.2. The Bertz CT molecular complexity index is 826. The molecule has 2 nitrogen and oxygen atoms in total. The zero-order chi connectivity index (χ0) is 18.0. The Morgan fingerprint density at radius 2 is 1.96 bits per heavy atom. The van der Waals surface area contributed by atoms with E-state index in [0.29, 0.717) is 5.75 Å². The van der Waals surface area contributed by atoms with Crippen molar-refractivity contribution >= 4 is 11.6 Å². The van der Waals surface area contributed by atoms with Crippen LogP contribution in [0.25, 0.3) is 0 Å². The summed E-state index contributed by atoms with van der Waals surface area (Å²) in [5.41, 5.74) is 2.26. The minimum atomic E-state index is -0.448. The van der Waals surface area contributed by atoms with Gasteiger partial charge < -0.3 is 4.74 Å². The highest BCUT2D eigenvalue weighted by molar-refractivity contribution is 6.25. The van der Waals surface area contributed by atoms with Crippen LogP contribution in [0.2, 0.25) is 0 Å². The molecule has 3 atom stereocenters. The molecule has 2 aromatic carbocycles. The Labute approximate surface area is 152 Å². The first-order chi connectivity index (χ1) is 12.0. The third-order valence-corrected chi connectivity index (χ3v) is 5.21. The highest BCUT2D eigenvalue weighted by atomic mass is 35.5. The van der Waals surface area contributed by atoms with Gasteiger partial charge >= 0.3 is 0 Å². The summed E-state index contributed by atoms with van der Waals surface area (Å²) in [7, 11) is 0. The first kappa shape index (κ1) is 17.5. The van der Waals surface area contributed by atoms with Crippen molar-refractivity contribution in [1.82, 2.24) is 0 Å². The smallest absolute Gasteiger partial charge is 0.165 e. The molecule has 1 aliphatic rings. The summed E-state index contributed by atoms with van der Waals surface area (Å²) in [5.74, 6) is 0.275. The molecule has 0 saturated heterocycles. The number of nitrogens with zero attached hydrogens (tertiary/aromatic N) is 1. The maximum absolute atomic E-state index is 14.2. The lowest BCUT2D eigenvalue weighted by atomic mass is 9.91. The van der Waals surface area contributed by atoms with Crippen LogP contribution in [0.3, 0.4) is 0 Å². The molecule has 1 fully saturated rings. The summed E-state index contributed by atoms with van der Waals surface area (Å²) in [6.07, 6.45) is 1.93. The molecule has 4 heteroatoms. The summed E-state index contributed by atoms with van der Waals surface area (Å²) in [6, 6.07) is 16.1. The van der Waals surface area contributed by atoms with Crippen LogP contribution in [0.15, 0.2) is 60.1 Å². The summed E-state index contributed by atoms with van der Waals surface area (Å²) in [6.45, 7) is 4.24. The standard InChI is InChI=1S/C21H19ClFNO/c1-21(2)17(10-11-22)20(21)16(13-24)14-8-9-18(23)19(12-14)25-15-6-4-3-5-7-15/h3-12,16-17,20H,1-2H3. The molecule has 0 aromatic heterocycles. The molecule has 3 rings (SSSR count). The zero-order valence-electron chi connectivity index (χ0n) is 14.1. The van der Waals surface area contributed by atoms with Gasteiger partial charge in [-0.15, -0.1) is 0 Å². The van der Waals surface area contributed by atoms with Crippen LogP contribution in [-0.4, -0.2) is 0 Å². The van der Waals surface area contributed by atoms with E-state index in [2.05, 4.69) is 19.9 Å². The van der Waals surface area contributed by atoms with Gasteiger partial charge in [0.2, 0.25) is 0 Å². The minimum Gasteiger partial charge on any atom is -0.454 e. The number of nitriles is 1. The monoisotopic (exact) mass is 355 g/mol. The van der Waals surface area contributed by atoms with Crippen molar-refractivity contribution in [3.63, 3.8) is 0 Å². The Morgan fingerprint density at radius 1 is 1.24 bits per heavy atom. The number of allylic oxidation sites excluding steroid dienone is 1. The second-order valence-electron chi connectivity index (χ2n) is 6.90. The van der Waals surface area contributed by atoms with Crippen molar-refractivity contribution in [2.45, 2.75) is 19.8 Å². The largest absolute Gasteiger partial charge is 0.454 e. The number of hydrogen-bond acceptors (Lipinski definition) is 2. The molecular weight excluding hydrogens is 337 g/mol. The van der Waals surface area contributed by atoms with E-state index in [1.165, 1.54) is 11.6 Å². The molecule has 0 bridgehead atoms. The van der Waals surface area contributed by atoms with E-state index in [1.807, 2.05) is 24.3 Å². The van der Waals surface area contributed by atoms with Gasteiger partial charge in [0.15, 0.2) is 11.6 Å². The van der Waals surface area contributed by atoms with Gasteiger partial charge in [-0.25, -0.2) is 4.39 Å². The fraction of sp³-hybridized carbons (Fsp3) is 0.286. The van der Waals surface area contributed by atoms with Crippen molar-refractivity contribution in [2.24, 2.45) is 17.3 Å². The van der Waals surface area contributed by atoms with Crippen molar-refractivity contribution in [3.05, 3.63) is 71.5 Å². The molecule has 128 valence electrons. The highest BCUT2D eigenvalue weighted by Crippen LogP contribution is 2.64. The molecule has 0 spiro atoms. The van der Waals surface area contributed by atoms with Gasteiger partial charge in [-0.2, -0.15) is 5.26 Å². The van der Waals surface area contributed by atoms with Gasteiger partial charge in [0.05, 0.1) is 12.0 Å². The number of ether oxygens (including phenoxy) is 1. The van der Waals surface area contributed by atoms with Crippen molar-refractivity contribution in [2.75, 3.05) is 0 Å². The fourth-order valence-corrected chi connectivity index (χ4v) is 3.73. The molecule has 2 aromatic rings. The highest BCUT2D eigenvalue weighted by Gasteiger charge is 2.59. The summed E-state index contributed by atoms with van der Waals surface area (Å²) in [5, 5.41) is 9.72. The van der Waals surface area contributed by atoms with Gasteiger partial charge in [-0.05, 0) is 47.1 Å². The van der Waals surface area contributed by atoms with E-state index in [1.54, 1.807) is 24.3 Å². The number of halogens is 2. The van der Waals surface area contributed by atoms with Crippen molar-refractivity contribution < 1.29 is 9.13 Å². The average molecular weight is 356 g/mol. The minimum absolute atomic E-state index is 0.0133. The quantitative estimate of drug-likeness (QED) is 0.635. The van der Waals surface area contributed by atoms with Crippen LogP contribution in [0.5, 0.6) is 11.5 Å². The Hall–Kier alpha value is -2.31. The lowest BCUT2D eigenvalue weighted by molar-refractivity contribution is 0.440. The van der Waals surface area contributed by atoms with E-state index < -0.39 is 5.82 Å². The molecule has 3 unspecified atom stereocenters. The van der Waals surface area contributed by atoms with Crippen LogP contribution >= 0.6 is 11.6 Å². The van der Waals surface area contributed by atoms with Crippen molar-refractivity contribution in [1.29, 1.82) is 5.26 Å². The topological polar surface area (TPSA) is 33.0 Å². The lowest BCUT2D eigenvalue weighted by Gasteiger charge is -2.14. The number of hydrogen-bond donors (Lipinski definition) is 0. The molecule has 0 amide bonds. The second kappa shape index (κ2) is 6.90. The maximum Gasteiger partial charge on any atom is 0.165 e. The fourth-order valence-electron chi connectivity index (χ4n) is 3.57.